The van der Waals surface area contributed by atoms with Gasteiger partial charge in [-0.1, -0.05) is 6.07 Å². The summed E-state index contributed by atoms with van der Waals surface area (Å²) in [6, 6.07) is 5.68. The highest BCUT2D eigenvalue weighted by Gasteiger charge is 2.14. The molecule has 2 aromatic heterocycles. The van der Waals surface area contributed by atoms with Gasteiger partial charge in [0.1, 0.15) is 17.2 Å². The molecule has 0 unspecified atom stereocenters. The fourth-order valence-electron chi connectivity index (χ4n) is 2.02. The van der Waals surface area contributed by atoms with E-state index in [1.807, 2.05) is 18.2 Å². The van der Waals surface area contributed by atoms with Crippen LogP contribution < -0.4 is 16.2 Å². The number of hydrogen-bond donors (Lipinski definition) is 3. The molecule has 2 heterocycles. The van der Waals surface area contributed by atoms with E-state index < -0.39 is 0 Å². The van der Waals surface area contributed by atoms with Crippen molar-refractivity contribution in [3.8, 4) is 5.75 Å². The number of aromatic nitrogens is 3. The second-order valence-electron chi connectivity index (χ2n) is 3.70. The van der Waals surface area contributed by atoms with Gasteiger partial charge in [0, 0.05) is 0 Å². The van der Waals surface area contributed by atoms with Gasteiger partial charge < -0.3 is 21.2 Å². The minimum Gasteiger partial charge on any atom is -0.496 e. The van der Waals surface area contributed by atoms with Gasteiger partial charge in [-0.15, -0.1) is 0 Å². The van der Waals surface area contributed by atoms with E-state index in [1.54, 1.807) is 7.11 Å². The number of aromatic amines is 1. The third-order valence-electron chi connectivity index (χ3n) is 2.70. The molecule has 86 valence electrons. The second-order valence-corrected chi connectivity index (χ2v) is 3.70. The largest absolute Gasteiger partial charge is 0.496 e. The molecule has 0 spiro atoms. The van der Waals surface area contributed by atoms with Gasteiger partial charge in [-0.25, -0.2) is 0 Å². The first kappa shape index (κ1) is 9.71. The zero-order valence-corrected chi connectivity index (χ0v) is 9.19. The molecule has 5 N–H and O–H groups in total. The molecule has 1 aromatic carbocycles. The zero-order chi connectivity index (χ0) is 12.0. The fraction of sp³-hybridized carbons (Fsp3) is 0.0909. The first-order valence-electron chi connectivity index (χ1n) is 5.08. The van der Waals surface area contributed by atoms with Crippen LogP contribution in [0.15, 0.2) is 18.2 Å². The normalized spacial score (nSPS) is 11.1. The smallest absolute Gasteiger partial charge is 0.223 e. The fourth-order valence-corrected chi connectivity index (χ4v) is 2.02. The van der Waals surface area contributed by atoms with E-state index in [0.717, 1.165) is 22.0 Å². The van der Waals surface area contributed by atoms with Crippen LogP contribution in [-0.2, 0) is 0 Å². The molecular formula is C11H11N5O. The predicted octanol–water partition coefficient (Wildman–Crippen LogP) is 1.28. The lowest BCUT2D eigenvalue weighted by Crippen LogP contribution is -1.99. The van der Waals surface area contributed by atoms with Crippen LogP contribution in [-0.4, -0.2) is 22.1 Å². The molecule has 6 nitrogen and oxygen atoms in total. The van der Waals surface area contributed by atoms with Crippen molar-refractivity contribution in [1.29, 1.82) is 0 Å². The molecule has 0 amide bonds. The maximum Gasteiger partial charge on any atom is 0.223 e. The van der Waals surface area contributed by atoms with Gasteiger partial charge in [0.2, 0.25) is 5.95 Å². The van der Waals surface area contributed by atoms with Crippen molar-refractivity contribution in [1.82, 2.24) is 15.0 Å². The monoisotopic (exact) mass is 229 g/mol. The molecule has 3 aromatic rings. The van der Waals surface area contributed by atoms with Crippen LogP contribution in [0.2, 0.25) is 0 Å². The number of nitrogen functional groups attached to an aromatic ring is 2. The number of nitrogens with one attached hydrogen (secondary N) is 1. The number of nitrogens with zero attached hydrogens (tertiary/aromatic N) is 2. The summed E-state index contributed by atoms with van der Waals surface area (Å²) in [5.41, 5.74) is 13.0. The minimum absolute atomic E-state index is 0.153. The Kier molecular flexibility index (Phi) is 1.85. The third-order valence-corrected chi connectivity index (χ3v) is 2.70. The predicted molar refractivity (Wildman–Crippen MR) is 66.8 cm³/mol. The van der Waals surface area contributed by atoms with Crippen molar-refractivity contribution in [2.45, 2.75) is 0 Å². The topological polar surface area (TPSA) is 103 Å². The van der Waals surface area contributed by atoms with Gasteiger partial charge in [-0.3, -0.25) is 0 Å². The summed E-state index contributed by atoms with van der Waals surface area (Å²) in [6.45, 7) is 0. The Bertz CT molecular complexity index is 719. The molecule has 0 saturated heterocycles. The molecule has 0 saturated carbocycles. The number of ether oxygens (including phenoxy) is 1. The zero-order valence-electron chi connectivity index (χ0n) is 9.19. The Labute approximate surface area is 96.6 Å². The number of rotatable bonds is 1. The average Bonchev–Trinajstić information content (AvgIpc) is 2.66. The number of H-pyrrole nitrogens is 1. The lowest BCUT2D eigenvalue weighted by molar-refractivity contribution is 0.420. The number of anilines is 2. The first-order chi connectivity index (χ1) is 8.20. The molecule has 0 radical (unpaired) electrons. The Morgan fingerprint density at radius 2 is 2.00 bits per heavy atom. The number of benzene rings is 1. The Morgan fingerprint density at radius 3 is 2.76 bits per heavy atom. The average molecular weight is 229 g/mol. The van der Waals surface area contributed by atoms with Crippen LogP contribution in [0.25, 0.3) is 21.9 Å². The summed E-state index contributed by atoms with van der Waals surface area (Å²) >= 11 is 0. The summed E-state index contributed by atoms with van der Waals surface area (Å²) < 4.78 is 5.32. The van der Waals surface area contributed by atoms with Crippen molar-refractivity contribution in [3.05, 3.63) is 18.2 Å². The Balaban J connectivity index is 2.57. The van der Waals surface area contributed by atoms with Crippen molar-refractivity contribution in [3.63, 3.8) is 0 Å². The molecular weight excluding hydrogens is 218 g/mol. The summed E-state index contributed by atoms with van der Waals surface area (Å²) in [4.78, 5) is 11.2. The lowest BCUT2D eigenvalue weighted by atomic mass is 10.2. The molecule has 0 atom stereocenters. The SMILES string of the molecule is COc1cccc2[nH]c3nc(N)nc(N)c3c12. The van der Waals surface area contributed by atoms with Gasteiger partial charge in [-0.2, -0.15) is 9.97 Å². The van der Waals surface area contributed by atoms with Gasteiger partial charge in [0.25, 0.3) is 0 Å². The number of nitrogens with two attached hydrogens (primary N) is 2. The minimum atomic E-state index is 0.153. The van der Waals surface area contributed by atoms with Crippen molar-refractivity contribution >= 4 is 33.7 Å². The molecule has 0 aliphatic rings. The molecule has 0 aliphatic heterocycles. The van der Waals surface area contributed by atoms with Crippen LogP contribution in [0.5, 0.6) is 5.75 Å². The van der Waals surface area contributed by atoms with E-state index >= 15 is 0 Å². The second kappa shape index (κ2) is 3.24. The van der Waals surface area contributed by atoms with E-state index in [-0.39, 0.29) is 5.95 Å². The quantitative estimate of drug-likeness (QED) is 0.583. The van der Waals surface area contributed by atoms with Crippen LogP contribution in [0.1, 0.15) is 0 Å². The number of methoxy groups -OCH3 is 1. The standard InChI is InChI=1S/C11H11N5O/c1-17-6-4-2-3-5-7(6)8-9(12)15-11(13)16-10(8)14-5/h2-4H,1H3,(H5,12,13,14,15,16). The molecule has 0 bridgehead atoms. The summed E-state index contributed by atoms with van der Waals surface area (Å²) in [5, 5.41) is 1.62. The maximum atomic E-state index is 5.88. The van der Waals surface area contributed by atoms with Crippen LogP contribution in [0.4, 0.5) is 11.8 Å². The van der Waals surface area contributed by atoms with Crippen molar-refractivity contribution < 1.29 is 4.74 Å². The van der Waals surface area contributed by atoms with Crippen molar-refractivity contribution in [2.24, 2.45) is 0 Å². The lowest BCUT2D eigenvalue weighted by Gasteiger charge is -2.02. The van der Waals surface area contributed by atoms with E-state index in [2.05, 4.69) is 15.0 Å². The summed E-state index contributed by atoms with van der Waals surface area (Å²) in [5.74, 6) is 1.23. The van der Waals surface area contributed by atoms with E-state index in [0.29, 0.717) is 11.5 Å². The number of hydrogen-bond acceptors (Lipinski definition) is 5. The molecule has 0 fully saturated rings. The first-order valence-corrected chi connectivity index (χ1v) is 5.08. The highest BCUT2D eigenvalue weighted by atomic mass is 16.5. The van der Waals surface area contributed by atoms with E-state index in [9.17, 15) is 0 Å². The highest BCUT2D eigenvalue weighted by Crippen LogP contribution is 2.34. The summed E-state index contributed by atoms with van der Waals surface area (Å²) in [6.07, 6.45) is 0. The molecule has 3 rings (SSSR count). The van der Waals surface area contributed by atoms with E-state index in [4.69, 9.17) is 16.2 Å². The van der Waals surface area contributed by atoms with Gasteiger partial charge >= 0.3 is 0 Å². The van der Waals surface area contributed by atoms with Gasteiger partial charge in [0.05, 0.1) is 23.4 Å². The van der Waals surface area contributed by atoms with Gasteiger partial charge in [0.15, 0.2) is 0 Å². The Hall–Kier alpha value is -2.50. The van der Waals surface area contributed by atoms with Crippen LogP contribution in [0, 0.1) is 0 Å². The van der Waals surface area contributed by atoms with Crippen molar-refractivity contribution in [2.75, 3.05) is 18.6 Å². The third kappa shape index (κ3) is 1.27. The Morgan fingerprint density at radius 1 is 1.18 bits per heavy atom. The molecule has 17 heavy (non-hydrogen) atoms. The molecule has 0 aliphatic carbocycles. The number of fused-ring (bicyclic) bond motifs is 3. The maximum absolute atomic E-state index is 5.88. The summed E-state index contributed by atoms with van der Waals surface area (Å²) in [7, 11) is 1.61. The van der Waals surface area contributed by atoms with Gasteiger partial charge in [-0.05, 0) is 12.1 Å². The van der Waals surface area contributed by atoms with Crippen LogP contribution >= 0.6 is 0 Å². The highest BCUT2D eigenvalue weighted by molar-refractivity contribution is 6.13. The van der Waals surface area contributed by atoms with E-state index in [1.165, 1.54) is 0 Å². The van der Waals surface area contributed by atoms with Crippen LogP contribution in [0.3, 0.4) is 0 Å². The molecule has 6 heteroatoms.